The van der Waals surface area contributed by atoms with Crippen molar-refractivity contribution in [3.05, 3.63) is 75.7 Å². The summed E-state index contributed by atoms with van der Waals surface area (Å²) in [6.07, 6.45) is 3.04. The summed E-state index contributed by atoms with van der Waals surface area (Å²) in [5.74, 6) is -0.143. The lowest BCUT2D eigenvalue weighted by Gasteiger charge is -2.33. The first-order valence-corrected chi connectivity index (χ1v) is 9.46. The molecule has 0 unspecified atom stereocenters. The topological polar surface area (TPSA) is 55.2 Å². The minimum absolute atomic E-state index is 0.0324. The number of benzene rings is 2. The Morgan fingerprint density at radius 2 is 1.85 bits per heavy atom. The van der Waals surface area contributed by atoms with E-state index in [-0.39, 0.29) is 17.5 Å². The highest BCUT2D eigenvalue weighted by molar-refractivity contribution is 6.04. The van der Waals surface area contributed by atoms with E-state index in [1.807, 2.05) is 32.2 Å². The van der Waals surface area contributed by atoms with E-state index in [4.69, 9.17) is 0 Å². The second kappa shape index (κ2) is 6.99. The number of aryl methyl sites for hydroxylation is 2. The number of carbonyl (C=O) groups excluding carboxylic acids is 1. The van der Waals surface area contributed by atoms with Gasteiger partial charge in [0.25, 0.3) is 11.5 Å². The first-order valence-electron chi connectivity index (χ1n) is 9.46. The van der Waals surface area contributed by atoms with Crippen LogP contribution in [-0.2, 0) is 13.0 Å². The standard InChI is InChI=1S/C22H23N3O2/c1-3-25-21(26)18-13-7-6-12-17(18)20(23-25)22(27)24(2)19-14-8-10-15-9-4-5-11-16(15)19/h4-7,9,11-13,19H,3,8,10,14H2,1-2H3/t19-/m1/s1. The van der Waals surface area contributed by atoms with Crippen molar-refractivity contribution in [2.75, 3.05) is 7.05 Å². The van der Waals surface area contributed by atoms with Crippen LogP contribution in [0.5, 0.6) is 0 Å². The fourth-order valence-corrected chi connectivity index (χ4v) is 4.05. The van der Waals surface area contributed by atoms with E-state index in [9.17, 15) is 9.59 Å². The number of rotatable bonds is 3. The average molecular weight is 361 g/mol. The number of aromatic nitrogens is 2. The molecule has 138 valence electrons. The van der Waals surface area contributed by atoms with Gasteiger partial charge < -0.3 is 4.90 Å². The van der Waals surface area contributed by atoms with E-state index in [2.05, 4.69) is 23.3 Å². The Labute approximate surface area is 158 Å². The van der Waals surface area contributed by atoms with Gasteiger partial charge in [-0.3, -0.25) is 9.59 Å². The maximum absolute atomic E-state index is 13.4. The first kappa shape index (κ1) is 17.5. The SMILES string of the molecule is CCn1nc(C(=O)N(C)[C@@H]2CCCc3ccccc32)c2ccccc2c1=O. The first-order chi connectivity index (χ1) is 13.1. The summed E-state index contributed by atoms with van der Waals surface area (Å²) in [7, 11) is 1.84. The highest BCUT2D eigenvalue weighted by Crippen LogP contribution is 2.34. The summed E-state index contributed by atoms with van der Waals surface area (Å²) in [4.78, 5) is 27.7. The molecule has 1 aliphatic rings. The number of fused-ring (bicyclic) bond motifs is 2. The maximum Gasteiger partial charge on any atom is 0.275 e. The number of carbonyl (C=O) groups is 1. The van der Waals surface area contributed by atoms with E-state index in [0.29, 0.717) is 23.0 Å². The third kappa shape index (κ3) is 2.93. The van der Waals surface area contributed by atoms with Gasteiger partial charge in [0.1, 0.15) is 0 Å². The molecule has 0 bridgehead atoms. The van der Waals surface area contributed by atoms with E-state index in [1.165, 1.54) is 15.8 Å². The molecular formula is C22H23N3O2. The van der Waals surface area contributed by atoms with Crippen LogP contribution in [0, 0.1) is 0 Å². The molecule has 1 aliphatic carbocycles. The molecule has 0 aliphatic heterocycles. The molecule has 5 heteroatoms. The van der Waals surface area contributed by atoms with Crippen molar-refractivity contribution in [2.24, 2.45) is 0 Å². The van der Waals surface area contributed by atoms with E-state index < -0.39 is 0 Å². The summed E-state index contributed by atoms with van der Waals surface area (Å²) in [5.41, 5.74) is 2.71. The highest BCUT2D eigenvalue weighted by atomic mass is 16.2. The maximum atomic E-state index is 13.4. The van der Waals surface area contributed by atoms with Gasteiger partial charge in [0.2, 0.25) is 0 Å². The van der Waals surface area contributed by atoms with Gasteiger partial charge in [-0.15, -0.1) is 0 Å². The lowest BCUT2D eigenvalue weighted by molar-refractivity contribution is 0.0708. The average Bonchev–Trinajstić information content (AvgIpc) is 2.73. The molecule has 1 atom stereocenters. The minimum Gasteiger partial charge on any atom is -0.333 e. The smallest absolute Gasteiger partial charge is 0.275 e. The van der Waals surface area contributed by atoms with Gasteiger partial charge in [0.05, 0.1) is 11.4 Å². The second-order valence-corrected chi connectivity index (χ2v) is 7.04. The monoisotopic (exact) mass is 361 g/mol. The molecule has 0 radical (unpaired) electrons. The largest absolute Gasteiger partial charge is 0.333 e. The summed E-state index contributed by atoms with van der Waals surface area (Å²) < 4.78 is 1.37. The molecular weight excluding hydrogens is 338 g/mol. The van der Waals surface area contributed by atoms with Gasteiger partial charge in [0.15, 0.2) is 5.69 Å². The van der Waals surface area contributed by atoms with Crippen LogP contribution in [0.3, 0.4) is 0 Å². The van der Waals surface area contributed by atoms with Crippen LogP contribution in [0.4, 0.5) is 0 Å². The second-order valence-electron chi connectivity index (χ2n) is 7.04. The molecule has 1 heterocycles. The van der Waals surface area contributed by atoms with Crippen molar-refractivity contribution in [2.45, 2.75) is 38.8 Å². The zero-order valence-electron chi connectivity index (χ0n) is 15.7. The van der Waals surface area contributed by atoms with Gasteiger partial charge in [-0.1, -0.05) is 42.5 Å². The summed E-state index contributed by atoms with van der Waals surface area (Å²) in [5, 5.41) is 5.56. The predicted octanol–water partition coefficient (Wildman–Crippen LogP) is 3.57. The van der Waals surface area contributed by atoms with Crippen LogP contribution in [0.1, 0.15) is 47.4 Å². The Bertz CT molecular complexity index is 1070. The zero-order chi connectivity index (χ0) is 19.0. The quantitative estimate of drug-likeness (QED) is 0.717. The minimum atomic E-state index is -0.157. The Kier molecular flexibility index (Phi) is 4.52. The van der Waals surface area contributed by atoms with Gasteiger partial charge in [0, 0.05) is 19.0 Å². The number of hydrogen-bond donors (Lipinski definition) is 0. The van der Waals surface area contributed by atoms with Crippen LogP contribution in [0.15, 0.2) is 53.3 Å². The Balaban J connectivity index is 1.80. The molecule has 5 nitrogen and oxygen atoms in total. The Hall–Kier alpha value is -2.95. The molecule has 0 fully saturated rings. The van der Waals surface area contributed by atoms with Crippen LogP contribution in [-0.4, -0.2) is 27.6 Å². The number of amides is 1. The number of nitrogens with zero attached hydrogens (tertiary/aromatic N) is 3. The molecule has 0 spiro atoms. The normalized spacial score (nSPS) is 16.1. The van der Waals surface area contributed by atoms with Crippen molar-refractivity contribution < 1.29 is 4.79 Å². The fraction of sp³-hybridized carbons (Fsp3) is 0.318. The molecule has 0 N–H and O–H groups in total. The molecule has 27 heavy (non-hydrogen) atoms. The third-order valence-corrected chi connectivity index (χ3v) is 5.50. The van der Waals surface area contributed by atoms with Crippen LogP contribution >= 0.6 is 0 Å². The Morgan fingerprint density at radius 3 is 2.63 bits per heavy atom. The lowest BCUT2D eigenvalue weighted by Crippen LogP contribution is -2.35. The van der Waals surface area contributed by atoms with Gasteiger partial charge in [-0.05, 0) is 43.4 Å². The summed E-state index contributed by atoms with van der Waals surface area (Å²) >= 11 is 0. The lowest BCUT2D eigenvalue weighted by atomic mass is 9.87. The molecule has 3 aromatic rings. The third-order valence-electron chi connectivity index (χ3n) is 5.50. The van der Waals surface area contributed by atoms with E-state index in [0.717, 1.165) is 19.3 Å². The molecule has 1 aromatic heterocycles. The molecule has 2 aromatic carbocycles. The van der Waals surface area contributed by atoms with E-state index >= 15 is 0 Å². The molecule has 4 rings (SSSR count). The zero-order valence-corrected chi connectivity index (χ0v) is 15.7. The van der Waals surface area contributed by atoms with E-state index in [1.54, 1.807) is 17.0 Å². The van der Waals surface area contributed by atoms with Crippen molar-refractivity contribution >= 4 is 16.7 Å². The predicted molar refractivity (Wildman–Crippen MR) is 106 cm³/mol. The van der Waals surface area contributed by atoms with Gasteiger partial charge in [-0.2, -0.15) is 5.10 Å². The van der Waals surface area contributed by atoms with Crippen LogP contribution < -0.4 is 5.56 Å². The Morgan fingerprint density at radius 1 is 1.15 bits per heavy atom. The molecule has 0 saturated heterocycles. The van der Waals surface area contributed by atoms with Crippen molar-refractivity contribution in [3.63, 3.8) is 0 Å². The van der Waals surface area contributed by atoms with Crippen LogP contribution in [0.2, 0.25) is 0 Å². The number of hydrogen-bond acceptors (Lipinski definition) is 3. The van der Waals surface area contributed by atoms with Crippen molar-refractivity contribution in [3.8, 4) is 0 Å². The van der Waals surface area contributed by atoms with Crippen LogP contribution in [0.25, 0.3) is 10.8 Å². The highest BCUT2D eigenvalue weighted by Gasteiger charge is 2.29. The summed E-state index contributed by atoms with van der Waals surface area (Å²) in [6.45, 7) is 2.29. The fourth-order valence-electron chi connectivity index (χ4n) is 4.05. The molecule has 1 amide bonds. The molecule has 0 saturated carbocycles. The van der Waals surface area contributed by atoms with Crippen molar-refractivity contribution in [1.82, 2.24) is 14.7 Å². The van der Waals surface area contributed by atoms with Crippen molar-refractivity contribution in [1.29, 1.82) is 0 Å². The van der Waals surface area contributed by atoms with Gasteiger partial charge in [-0.25, -0.2) is 4.68 Å². The summed E-state index contributed by atoms with van der Waals surface area (Å²) in [6, 6.07) is 15.6. The van der Waals surface area contributed by atoms with Gasteiger partial charge >= 0.3 is 0 Å².